The fraction of sp³-hybridized carbons (Fsp3) is 0.150. The lowest BCUT2D eigenvalue weighted by Gasteiger charge is -2.15. The molecule has 3 aromatic rings. The van der Waals surface area contributed by atoms with Crippen molar-refractivity contribution in [3.8, 4) is 5.69 Å². The highest BCUT2D eigenvalue weighted by Crippen LogP contribution is 2.16. The average Bonchev–Trinajstić information content (AvgIpc) is 2.64. The zero-order valence-electron chi connectivity index (χ0n) is 14.2. The maximum Gasteiger partial charge on any atom is 0.271 e. The lowest BCUT2D eigenvalue weighted by Crippen LogP contribution is -2.36. The van der Waals surface area contributed by atoms with Gasteiger partial charge < -0.3 is 5.32 Å². The normalized spacial score (nSPS) is 11.8. The lowest BCUT2D eigenvalue weighted by atomic mass is 10.1. The number of halogens is 1. The number of rotatable bonds is 5. The van der Waals surface area contributed by atoms with Crippen LogP contribution in [0.15, 0.2) is 71.5 Å². The fourth-order valence-corrected chi connectivity index (χ4v) is 2.84. The van der Waals surface area contributed by atoms with E-state index in [1.54, 1.807) is 12.1 Å². The summed E-state index contributed by atoms with van der Waals surface area (Å²) in [6.07, 6.45) is 0.601. The molecule has 1 N–H and O–H groups in total. The van der Waals surface area contributed by atoms with Crippen molar-refractivity contribution in [2.45, 2.75) is 19.4 Å². The molecule has 0 aliphatic carbocycles. The van der Waals surface area contributed by atoms with Gasteiger partial charge in [-0.25, -0.2) is 0 Å². The van der Waals surface area contributed by atoms with E-state index < -0.39 is 0 Å². The summed E-state index contributed by atoms with van der Waals surface area (Å²) in [6.45, 7) is 1.90. The lowest BCUT2D eigenvalue weighted by molar-refractivity contribution is 0.0933. The van der Waals surface area contributed by atoms with E-state index in [9.17, 15) is 9.59 Å². The van der Waals surface area contributed by atoms with E-state index in [1.165, 1.54) is 16.8 Å². The standard InChI is InChI=1S/C20H18ClN3O2/c1-14(13-15-7-5-6-10-17(15)21)22-20(26)18-11-12-19(25)24(23-18)16-8-3-2-4-9-16/h2-12,14H,13H2,1H3,(H,22,26)/t14-/m1/s1. The molecule has 1 amide bonds. The molecular formula is C20H18ClN3O2. The molecule has 132 valence electrons. The molecule has 2 aromatic carbocycles. The van der Waals surface area contributed by atoms with Gasteiger partial charge in [-0.05, 0) is 43.2 Å². The van der Waals surface area contributed by atoms with Crippen LogP contribution in [0.3, 0.4) is 0 Å². The third kappa shape index (κ3) is 4.18. The summed E-state index contributed by atoms with van der Waals surface area (Å²) in [6, 6.07) is 19.1. The number of amides is 1. The van der Waals surface area contributed by atoms with Crippen molar-refractivity contribution < 1.29 is 4.79 Å². The minimum atomic E-state index is -0.339. The van der Waals surface area contributed by atoms with Crippen molar-refractivity contribution >= 4 is 17.5 Å². The largest absolute Gasteiger partial charge is 0.348 e. The quantitative estimate of drug-likeness (QED) is 0.752. The van der Waals surface area contributed by atoms with E-state index >= 15 is 0 Å². The van der Waals surface area contributed by atoms with Gasteiger partial charge in [0.25, 0.3) is 11.5 Å². The van der Waals surface area contributed by atoms with E-state index in [2.05, 4.69) is 10.4 Å². The highest BCUT2D eigenvalue weighted by atomic mass is 35.5. The Bertz CT molecular complexity index is 970. The molecule has 3 rings (SSSR count). The second-order valence-electron chi connectivity index (χ2n) is 5.97. The third-order valence-corrected chi connectivity index (χ3v) is 4.26. The van der Waals surface area contributed by atoms with Gasteiger partial charge in [-0.15, -0.1) is 0 Å². The summed E-state index contributed by atoms with van der Waals surface area (Å²) >= 11 is 6.16. The molecule has 0 fully saturated rings. The van der Waals surface area contributed by atoms with Gasteiger partial charge in [-0.3, -0.25) is 9.59 Å². The first kappa shape index (κ1) is 17.9. The Labute approximate surface area is 156 Å². The van der Waals surface area contributed by atoms with Crippen LogP contribution in [0.5, 0.6) is 0 Å². The Hall–Kier alpha value is -2.92. The molecule has 6 heteroatoms. The maximum absolute atomic E-state index is 12.5. The molecule has 0 unspecified atom stereocenters. The van der Waals surface area contributed by atoms with Crippen molar-refractivity contribution in [1.29, 1.82) is 0 Å². The number of carbonyl (C=O) groups is 1. The summed E-state index contributed by atoms with van der Waals surface area (Å²) in [7, 11) is 0. The maximum atomic E-state index is 12.5. The highest BCUT2D eigenvalue weighted by Gasteiger charge is 2.14. The molecule has 0 aliphatic heterocycles. The van der Waals surface area contributed by atoms with E-state index in [0.717, 1.165) is 5.56 Å². The second-order valence-corrected chi connectivity index (χ2v) is 6.38. The van der Waals surface area contributed by atoms with E-state index in [4.69, 9.17) is 11.6 Å². The first-order chi connectivity index (χ1) is 12.5. The fourth-order valence-electron chi connectivity index (χ4n) is 2.63. The molecule has 0 spiro atoms. The number of hydrogen-bond donors (Lipinski definition) is 1. The van der Waals surface area contributed by atoms with Gasteiger partial charge in [0.15, 0.2) is 0 Å². The number of nitrogens with one attached hydrogen (secondary N) is 1. The van der Waals surface area contributed by atoms with Crippen LogP contribution in [0.2, 0.25) is 5.02 Å². The van der Waals surface area contributed by atoms with Gasteiger partial charge in [-0.2, -0.15) is 9.78 Å². The number of carbonyl (C=O) groups excluding carboxylic acids is 1. The van der Waals surface area contributed by atoms with Crippen molar-refractivity contribution in [3.05, 3.63) is 93.4 Å². The number of nitrogens with zero attached hydrogens (tertiary/aromatic N) is 2. The van der Waals surface area contributed by atoms with Crippen LogP contribution < -0.4 is 10.9 Å². The van der Waals surface area contributed by atoms with Gasteiger partial charge in [0.2, 0.25) is 0 Å². The monoisotopic (exact) mass is 367 g/mol. The number of hydrogen-bond acceptors (Lipinski definition) is 3. The van der Waals surface area contributed by atoms with E-state index in [0.29, 0.717) is 17.1 Å². The average molecular weight is 368 g/mol. The summed E-state index contributed by atoms with van der Waals surface area (Å²) in [5.74, 6) is -0.339. The summed E-state index contributed by atoms with van der Waals surface area (Å²) in [5, 5.41) is 7.75. The Kier molecular flexibility index (Phi) is 5.49. The van der Waals surface area contributed by atoms with Crippen molar-refractivity contribution in [1.82, 2.24) is 15.1 Å². The van der Waals surface area contributed by atoms with Crippen molar-refractivity contribution in [3.63, 3.8) is 0 Å². The summed E-state index contributed by atoms with van der Waals surface area (Å²) in [5.41, 5.74) is 1.46. The van der Waals surface area contributed by atoms with Crippen LogP contribution in [0.25, 0.3) is 5.69 Å². The zero-order chi connectivity index (χ0) is 18.5. The minimum Gasteiger partial charge on any atom is -0.348 e. The van der Waals surface area contributed by atoms with Gasteiger partial charge in [0, 0.05) is 17.1 Å². The highest BCUT2D eigenvalue weighted by molar-refractivity contribution is 6.31. The topological polar surface area (TPSA) is 64.0 Å². The number of benzene rings is 2. The van der Waals surface area contributed by atoms with Gasteiger partial charge in [-0.1, -0.05) is 48.0 Å². The molecule has 5 nitrogen and oxygen atoms in total. The SMILES string of the molecule is C[C@H](Cc1ccccc1Cl)NC(=O)c1ccc(=O)n(-c2ccccc2)n1. The van der Waals surface area contributed by atoms with Crippen molar-refractivity contribution in [2.75, 3.05) is 0 Å². The summed E-state index contributed by atoms with van der Waals surface area (Å²) < 4.78 is 1.22. The molecule has 0 saturated carbocycles. The number of para-hydroxylation sites is 1. The number of aromatic nitrogens is 2. The molecule has 0 aliphatic rings. The van der Waals surface area contributed by atoms with Crippen LogP contribution >= 0.6 is 11.6 Å². The predicted molar refractivity (Wildman–Crippen MR) is 102 cm³/mol. The molecule has 26 heavy (non-hydrogen) atoms. The Balaban J connectivity index is 1.76. The zero-order valence-corrected chi connectivity index (χ0v) is 15.0. The Morgan fingerprint density at radius 3 is 2.50 bits per heavy atom. The van der Waals surface area contributed by atoms with Crippen molar-refractivity contribution in [2.24, 2.45) is 0 Å². The second kappa shape index (κ2) is 7.97. The first-order valence-electron chi connectivity index (χ1n) is 8.24. The van der Waals surface area contributed by atoms with Crippen LogP contribution in [0.1, 0.15) is 23.0 Å². The van der Waals surface area contributed by atoms with Gasteiger partial charge in [0.05, 0.1) is 5.69 Å². The van der Waals surface area contributed by atoms with E-state index in [-0.39, 0.29) is 23.2 Å². The molecular weight excluding hydrogens is 350 g/mol. The van der Waals surface area contributed by atoms with Crippen LogP contribution in [-0.4, -0.2) is 21.7 Å². The molecule has 0 bridgehead atoms. The van der Waals surface area contributed by atoms with Crippen LogP contribution in [0.4, 0.5) is 0 Å². The van der Waals surface area contributed by atoms with Gasteiger partial charge >= 0.3 is 0 Å². The minimum absolute atomic E-state index is 0.138. The molecule has 1 heterocycles. The smallest absolute Gasteiger partial charge is 0.271 e. The first-order valence-corrected chi connectivity index (χ1v) is 8.62. The molecule has 1 atom stereocenters. The Morgan fingerprint density at radius 2 is 1.77 bits per heavy atom. The summed E-state index contributed by atoms with van der Waals surface area (Å²) in [4.78, 5) is 24.6. The van der Waals surface area contributed by atoms with Gasteiger partial charge in [0.1, 0.15) is 5.69 Å². The third-order valence-electron chi connectivity index (χ3n) is 3.90. The molecule has 0 radical (unpaired) electrons. The Morgan fingerprint density at radius 1 is 1.08 bits per heavy atom. The van der Waals surface area contributed by atoms with E-state index in [1.807, 2.05) is 49.4 Å². The molecule has 1 aromatic heterocycles. The van der Waals surface area contributed by atoms with Crippen LogP contribution in [-0.2, 0) is 6.42 Å². The molecule has 0 saturated heterocycles. The van der Waals surface area contributed by atoms with Crippen LogP contribution in [0, 0.1) is 0 Å². The predicted octanol–water partition coefficient (Wildman–Crippen LogP) is 3.25.